The molecule has 1 saturated heterocycles. The molecule has 0 unspecified atom stereocenters. The minimum absolute atomic E-state index is 0.156. The van der Waals surface area contributed by atoms with Gasteiger partial charge in [-0.1, -0.05) is 0 Å². The summed E-state index contributed by atoms with van der Waals surface area (Å²) in [6, 6.07) is 6.75. The van der Waals surface area contributed by atoms with Gasteiger partial charge in [0.1, 0.15) is 23.8 Å². The molecular formula is C24H20F3N7O2. The summed E-state index contributed by atoms with van der Waals surface area (Å²) in [6.45, 7) is 2.04. The van der Waals surface area contributed by atoms with E-state index in [0.29, 0.717) is 28.9 Å². The van der Waals surface area contributed by atoms with E-state index in [1.165, 1.54) is 45.1 Å². The van der Waals surface area contributed by atoms with Gasteiger partial charge in [-0.15, -0.1) is 0 Å². The Bertz CT molecular complexity index is 1410. The number of carbonyl (C=O) groups excluding carboxylic acids is 1. The summed E-state index contributed by atoms with van der Waals surface area (Å²) in [5.41, 5.74) is 2.13. The molecule has 0 aliphatic carbocycles. The van der Waals surface area contributed by atoms with Gasteiger partial charge < -0.3 is 9.64 Å². The molecule has 0 radical (unpaired) electrons. The first-order valence-corrected chi connectivity index (χ1v) is 11.1. The van der Waals surface area contributed by atoms with E-state index < -0.39 is 35.6 Å². The molecule has 1 atom stereocenters. The van der Waals surface area contributed by atoms with Gasteiger partial charge in [-0.2, -0.15) is 15.5 Å². The Labute approximate surface area is 204 Å². The van der Waals surface area contributed by atoms with Crippen molar-refractivity contribution in [1.82, 2.24) is 24.7 Å². The molecule has 3 aromatic rings. The highest BCUT2D eigenvalue weighted by Gasteiger charge is 2.39. The molecule has 36 heavy (non-hydrogen) atoms. The van der Waals surface area contributed by atoms with Crippen LogP contribution in [0.3, 0.4) is 0 Å². The fraction of sp³-hybridized carbons (Fsp3) is 0.292. The van der Waals surface area contributed by atoms with Crippen molar-refractivity contribution in [2.45, 2.75) is 25.5 Å². The van der Waals surface area contributed by atoms with Crippen molar-refractivity contribution in [1.29, 1.82) is 5.26 Å². The molecule has 0 spiro atoms. The lowest BCUT2D eigenvalue weighted by molar-refractivity contribution is 0.0231. The third-order valence-electron chi connectivity index (χ3n) is 6.14. The minimum atomic E-state index is -0.733. The zero-order valence-corrected chi connectivity index (χ0v) is 19.3. The van der Waals surface area contributed by atoms with E-state index in [-0.39, 0.29) is 24.7 Å². The van der Waals surface area contributed by atoms with Crippen molar-refractivity contribution in [3.63, 3.8) is 0 Å². The summed E-state index contributed by atoms with van der Waals surface area (Å²) in [5, 5.41) is 18.6. The number of rotatable bonds is 4. The summed E-state index contributed by atoms with van der Waals surface area (Å²) < 4.78 is 49.0. The quantitative estimate of drug-likeness (QED) is 0.550. The second-order valence-electron chi connectivity index (χ2n) is 8.57. The number of hydrazone groups is 1. The maximum atomic E-state index is 14.5. The van der Waals surface area contributed by atoms with Crippen molar-refractivity contribution in [2.24, 2.45) is 12.1 Å². The second kappa shape index (κ2) is 8.99. The number of amides is 2. The Morgan fingerprint density at radius 3 is 2.56 bits per heavy atom. The molecule has 4 heterocycles. The van der Waals surface area contributed by atoms with Crippen molar-refractivity contribution in [3.05, 3.63) is 64.6 Å². The first-order chi connectivity index (χ1) is 17.2. The van der Waals surface area contributed by atoms with Crippen LogP contribution >= 0.6 is 0 Å². The highest BCUT2D eigenvalue weighted by atomic mass is 19.1. The van der Waals surface area contributed by atoms with E-state index in [4.69, 9.17) is 4.74 Å². The molecule has 9 nitrogen and oxygen atoms in total. The Morgan fingerprint density at radius 2 is 1.89 bits per heavy atom. The Balaban J connectivity index is 1.26. The first-order valence-electron chi connectivity index (χ1n) is 11.1. The highest BCUT2D eigenvalue weighted by molar-refractivity contribution is 5.79. The van der Waals surface area contributed by atoms with Crippen molar-refractivity contribution >= 4 is 12.2 Å². The number of nitrogens with zero attached hydrogens (tertiary/aromatic N) is 7. The predicted molar refractivity (Wildman–Crippen MR) is 121 cm³/mol. The zero-order valence-electron chi connectivity index (χ0n) is 19.3. The lowest BCUT2D eigenvalue weighted by atomic mass is 10.0. The third kappa shape index (κ3) is 4.13. The molecule has 184 valence electrons. The van der Waals surface area contributed by atoms with Gasteiger partial charge in [-0.25, -0.2) is 28.0 Å². The largest absolute Gasteiger partial charge is 0.468 e. The van der Waals surface area contributed by atoms with E-state index in [1.54, 1.807) is 14.0 Å². The summed E-state index contributed by atoms with van der Waals surface area (Å²) in [5.74, 6) is -2.36. The van der Waals surface area contributed by atoms with Crippen LogP contribution in [0.1, 0.15) is 29.3 Å². The van der Waals surface area contributed by atoms with Crippen LogP contribution in [-0.2, 0) is 7.05 Å². The van der Waals surface area contributed by atoms with Crippen LogP contribution in [0.4, 0.5) is 18.0 Å². The molecule has 2 amide bonds. The molecule has 2 aliphatic rings. The van der Waals surface area contributed by atoms with Crippen LogP contribution in [0.25, 0.3) is 11.4 Å². The summed E-state index contributed by atoms with van der Waals surface area (Å²) in [6.07, 6.45) is 1.33. The fourth-order valence-corrected chi connectivity index (χ4v) is 4.35. The van der Waals surface area contributed by atoms with Gasteiger partial charge in [-0.3, -0.25) is 4.68 Å². The lowest BCUT2D eigenvalue weighted by Gasteiger charge is -2.40. The van der Waals surface area contributed by atoms with Crippen LogP contribution in [0.5, 0.6) is 5.88 Å². The number of aryl methyl sites for hydroxylation is 1. The van der Waals surface area contributed by atoms with Crippen molar-refractivity contribution < 1.29 is 22.7 Å². The smallest absolute Gasteiger partial charge is 0.341 e. The number of carbonyl (C=O) groups is 1. The van der Waals surface area contributed by atoms with Crippen molar-refractivity contribution in [2.75, 3.05) is 13.1 Å². The van der Waals surface area contributed by atoms with Crippen LogP contribution in [0.2, 0.25) is 0 Å². The molecule has 5 rings (SSSR count). The van der Waals surface area contributed by atoms with E-state index in [1.807, 2.05) is 6.07 Å². The molecule has 1 aromatic carbocycles. The number of urea groups is 1. The van der Waals surface area contributed by atoms with E-state index >= 15 is 0 Å². The van der Waals surface area contributed by atoms with Gasteiger partial charge in [-0.05, 0) is 36.8 Å². The minimum Gasteiger partial charge on any atom is -0.468 e. The number of ether oxygens (including phenoxy) is 1. The van der Waals surface area contributed by atoms with Crippen molar-refractivity contribution in [3.8, 4) is 23.3 Å². The predicted octanol–water partition coefficient (Wildman–Crippen LogP) is 3.70. The number of likely N-dealkylation sites (tertiary alicyclic amines) is 1. The highest BCUT2D eigenvalue weighted by Crippen LogP contribution is 2.32. The molecule has 1 fully saturated rings. The maximum absolute atomic E-state index is 14.5. The Morgan fingerprint density at radius 1 is 1.17 bits per heavy atom. The number of aromatic nitrogens is 3. The van der Waals surface area contributed by atoms with Gasteiger partial charge in [0.25, 0.3) is 5.88 Å². The molecule has 0 saturated carbocycles. The van der Waals surface area contributed by atoms with Crippen LogP contribution < -0.4 is 4.74 Å². The summed E-state index contributed by atoms with van der Waals surface area (Å²) in [4.78, 5) is 18.7. The third-order valence-corrected chi connectivity index (χ3v) is 6.14. The van der Waals surface area contributed by atoms with Gasteiger partial charge in [0.15, 0.2) is 11.5 Å². The number of benzene rings is 1. The normalized spacial score (nSPS) is 17.3. The topological polar surface area (TPSA) is 99.6 Å². The average molecular weight is 495 g/mol. The van der Waals surface area contributed by atoms with Gasteiger partial charge in [0.2, 0.25) is 0 Å². The van der Waals surface area contributed by atoms with E-state index in [0.717, 1.165) is 6.07 Å². The number of hydrogen-bond donors (Lipinski definition) is 0. The Hall–Kier alpha value is -4.40. The molecule has 2 aliphatic heterocycles. The zero-order chi connectivity index (χ0) is 25.6. The number of hydrogen-bond acceptors (Lipinski definition) is 6. The first kappa shape index (κ1) is 23.3. The standard InChI is InChI=1S/C24H20F3N7O2/c1-13-20(10-28)31-32(2)22(13)19-4-3-18(27)23(30-19)36-17-11-33(12-17)24(35)34-21(5-6-29-34)14-7-15(25)9-16(26)8-14/h3-4,6-9,17,21H,5,11-12H2,1-2H3/t21-/m0/s1. The molecule has 12 heteroatoms. The molecule has 0 N–H and O–H groups in total. The number of nitriles is 1. The Kier molecular flexibility index (Phi) is 5.83. The number of halogens is 3. The van der Waals surface area contributed by atoms with Gasteiger partial charge >= 0.3 is 6.03 Å². The van der Waals surface area contributed by atoms with Crippen LogP contribution in [0, 0.1) is 35.7 Å². The molecule has 2 aromatic heterocycles. The summed E-state index contributed by atoms with van der Waals surface area (Å²) in [7, 11) is 1.66. The van der Waals surface area contributed by atoms with E-state index in [9.17, 15) is 23.2 Å². The second-order valence-corrected chi connectivity index (χ2v) is 8.57. The molecular weight excluding hydrogens is 475 g/mol. The monoisotopic (exact) mass is 495 g/mol. The van der Waals surface area contributed by atoms with Crippen LogP contribution in [0.15, 0.2) is 35.4 Å². The number of pyridine rings is 1. The van der Waals surface area contributed by atoms with Gasteiger partial charge in [0.05, 0.1) is 30.5 Å². The average Bonchev–Trinajstić information content (AvgIpc) is 3.40. The van der Waals surface area contributed by atoms with E-state index in [2.05, 4.69) is 15.2 Å². The van der Waals surface area contributed by atoms with Gasteiger partial charge in [0, 0.05) is 31.3 Å². The lowest BCUT2D eigenvalue weighted by Crippen LogP contribution is -2.59. The summed E-state index contributed by atoms with van der Waals surface area (Å²) >= 11 is 0. The fourth-order valence-electron chi connectivity index (χ4n) is 4.35. The SMILES string of the molecule is Cc1c(C#N)nn(C)c1-c1ccc(F)c(OC2CN(C(=O)N3N=CC[C@H]3c3cc(F)cc(F)c3)C2)n1. The maximum Gasteiger partial charge on any atom is 0.341 e. The molecule has 0 bridgehead atoms. The van der Waals surface area contributed by atoms with Crippen LogP contribution in [-0.4, -0.2) is 56.1 Å².